The molecule has 1 N–H and O–H groups in total. The second kappa shape index (κ2) is 7.01. The number of nitrogens with zero attached hydrogens (tertiary/aromatic N) is 1. The predicted octanol–water partition coefficient (Wildman–Crippen LogP) is 3.73. The van der Waals surface area contributed by atoms with Crippen LogP contribution in [0.2, 0.25) is 0 Å². The van der Waals surface area contributed by atoms with Crippen LogP contribution in [0, 0.1) is 0 Å². The maximum absolute atomic E-state index is 11.8. The van der Waals surface area contributed by atoms with Gasteiger partial charge < -0.3 is 5.32 Å². The molecule has 0 aliphatic carbocycles. The van der Waals surface area contributed by atoms with Crippen molar-refractivity contribution in [3.05, 3.63) is 70.5 Å². The summed E-state index contributed by atoms with van der Waals surface area (Å²) < 4.78 is 1.02. The minimum absolute atomic E-state index is 0.113. The summed E-state index contributed by atoms with van der Waals surface area (Å²) in [5, 5.41) is 2.88. The Morgan fingerprint density at radius 1 is 1.25 bits per heavy atom. The lowest BCUT2D eigenvalue weighted by Crippen LogP contribution is -2.25. The largest absolute Gasteiger partial charge is 0.344 e. The van der Waals surface area contributed by atoms with E-state index in [1.54, 1.807) is 12.3 Å². The van der Waals surface area contributed by atoms with Gasteiger partial charge in [-0.25, -0.2) is 0 Å². The molecule has 1 unspecified atom stereocenters. The van der Waals surface area contributed by atoms with E-state index in [0.29, 0.717) is 0 Å². The van der Waals surface area contributed by atoms with Crippen LogP contribution in [0.5, 0.6) is 0 Å². The van der Waals surface area contributed by atoms with Gasteiger partial charge in [0.25, 0.3) is 0 Å². The molecule has 1 heterocycles. The number of carbonyl (C=O) groups excluding carboxylic acids is 1. The molecule has 4 heteroatoms. The van der Waals surface area contributed by atoms with E-state index in [9.17, 15) is 4.79 Å². The first-order chi connectivity index (χ1) is 9.65. The van der Waals surface area contributed by atoms with Gasteiger partial charge in [-0.1, -0.05) is 34.1 Å². The fourth-order valence-electron chi connectivity index (χ4n) is 1.71. The smallest absolute Gasteiger partial charge is 0.244 e. The van der Waals surface area contributed by atoms with Crippen molar-refractivity contribution < 1.29 is 4.79 Å². The van der Waals surface area contributed by atoms with Crippen LogP contribution in [0.25, 0.3) is 6.08 Å². The number of aromatic nitrogens is 1. The van der Waals surface area contributed by atoms with Crippen molar-refractivity contribution in [2.24, 2.45) is 0 Å². The number of pyridine rings is 1. The average Bonchev–Trinajstić information content (AvgIpc) is 2.47. The van der Waals surface area contributed by atoms with E-state index < -0.39 is 0 Å². The van der Waals surface area contributed by atoms with Gasteiger partial charge in [0.2, 0.25) is 5.91 Å². The highest BCUT2D eigenvalue weighted by atomic mass is 79.9. The number of nitrogens with one attached hydrogen (secondary N) is 1. The van der Waals surface area contributed by atoms with E-state index in [4.69, 9.17) is 0 Å². The zero-order valence-corrected chi connectivity index (χ0v) is 12.7. The van der Waals surface area contributed by atoms with Crippen LogP contribution in [-0.2, 0) is 4.79 Å². The zero-order chi connectivity index (χ0) is 14.4. The second-order valence-electron chi connectivity index (χ2n) is 4.37. The average molecular weight is 331 g/mol. The lowest BCUT2D eigenvalue weighted by molar-refractivity contribution is -0.117. The van der Waals surface area contributed by atoms with Gasteiger partial charge in [-0.3, -0.25) is 9.78 Å². The maximum Gasteiger partial charge on any atom is 0.244 e. The molecular weight excluding hydrogens is 316 g/mol. The molecule has 0 aliphatic heterocycles. The fourth-order valence-corrected chi connectivity index (χ4v) is 1.98. The Balaban J connectivity index is 1.94. The Hall–Kier alpha value is -1.94. The summed E-state index contributed by atoms with van der Waals surface area (Å²) in [6.45, 7) is 1.91. The van der Waals surface area contributed by atoms with Gasteiger partial charge in [0.15, 0.2) is 0 Å². The molecule has 0 bridgehead atoms. The monoisotopic (exact) mass is 330 g/mol. The normalized spacial score (nSPS) is 12.3. The number of rotatable bonds is 4. The SMILES string of the molecule is CC(NC(=O)/C=C/c1ccc(Br)cc1)c1ccccn1. The van der Waals surface area contributed by atoms with Crippen LogP contribution in [-0.4, -0.2) is 10.9 Å². The molecular formula is C16H15BrN2O. The molecule has 1 aromatic carbocycles. The molecule has 1 atom stereocenters. The van der Waals surface area contributed by atoms with Gasteiger partial charge in [0.05, 0.1) is 11.7 Å². The Morgan fingerprint density at radius 2 is 2.00 bits per heavy atom. The Bertz CT molecular complexity index is 594. The van der Waals surface area contributed by atoms with Crippen molar-refractivity contribution in [1.29, 1.82) is 0 Å². The first kappa shape index (κ1) is 14.5. The Morgan fingerprint density at radius 3 is 2.65 bits per heavy atom. The van der Waals surface area contributed by atoms with Crippen LogP contribution < -0.4 is 5.32 Å². The number of carbonyl (C=O) groups is 1. The highest BCUT2D eigenvalue weighted by Gasteiger charge is 2.07. The molecule has 1 amide bonds. The second-order valence-corrected chi connectivity index (χ2v) is 5.29. The molecule has 2 aromatic rings. The molecule has 102 valence electrons. The number of halogens is 1. The van der Waals surface area contributed by atoms with Crippen LogP contribution >= 0.6 is 15.9 Å². The Kier molecular flexibility index (Phi) is 5.07. The molecule has 0 spiro atoms. The summed E-state index contributed by atoms with van der Waals surface area (Å²) in [6, 6.07) is 13.3. The minimum Gasteiger partial charge on any atom is -0.344 e. The van der Waals surface area contributed by atoms with E-state index in [2.05, 4.69) is 26.2 Å². The Labute approximate surface area is 126 Å². The summed E-state index contributed by atoms with van der Waals surface area (Å²) in [6.07, 6.45) is 5.03. The van der Waals surface area contributed by atoms with Gasteiger partial charge in [0, 0.05) is 16.7 Å². The van der Waals surface area contributed by atoms with Crippen molar-refractivity contribution >= 4 is 27.9 Å². The van der Waals surface area contributed by atoms with Crippen molar-refractivity contribution in [2.45, 2.75) is 13.0 Å². The van der Waals surface area contributed by atoms with Gasteiger partial charge in [-0.15, -0.1) is 0 Å². The standard InChI is InChI=1S/C16H15BrN2O/c1-12(15-4-2-3-11-18-15)19-16(20)10-7-13-5-8-14(17)9-6-13/h2-12H,1H3,(H,19,20)/b10-7+. The number of hydrogen-bond donors (Lipinski definition) is 1. The molecule has 2 rings (SSSR count). The maximum atomic E-state index is 11.8. The lowest BCUT2D eigenvalue weighted by atomic mass is 10.2. The van der Waals surface area contributed by atoms with Gasteiger partial charge in [0.1, 0.15) is 0 Å². The van der Waals surface area contributed by atoms with E-state index >= 15 is 0 Å². The third kappa shape index (κ3) is 4.31. The summed E-state index contributed by atoms with van der Waals surface area (Å²) in [7, 11) is 0. The minimum atomic E-state index is -0.133. The van der Waals surface area contributed by atoms with E-state index in [1.165, 1.54) is 6.08 Å². The van der Waals surface area contributed by atoms with Gasteiger partial charge in [-0.2, -0.15) is 0 Å². The van der Waals surface area contributed by atoms with Crippen molar-refractivity contribution in [2.75, 3.05) is 0 Å². The molecule has 0 radical (unpaired) electrons. The summed E-state index contributed by atoms with van der Waals surface area (Å²) in [5.74, 6) is -0.133. The number of amides is 1. The number of hydrogen-bond acceptors (Lipinski definition) is 2. The zero-order valence-electron chi connectivity index (χ0n) is 11.1. The molecule has 3 nitrogen and oxygen atoms in total. The van der Waals surface area contributed by atoms with Crippen LogP contribution in [0.15, 0.2) is 59.2 Å². The first-order valence-corrected chi connectivity index (χ1v) is 7.09. The third-order valence-corrected chi connectivity index (χ3v) is 3.32. The lowest BCUT2D eigenvalue weighted by Gasteiger charge is -2.11. The van der Waals surface area contributed by atoms with Gasteiger partial charge in [-0.05, 0) is 42.8 Å². The van der Waals surface area contributed by atoms with Crippen molar-refractivity contribution in [3.63, 3.8) is 0 Å². The van der Waals surface area contributed by atoms with Crippen LogP contribution in [0.3, 0.4) is 0 Å². The molecule has 20 heavy (non-hydrogen) atoms. The molecule has 0 fully saturated rings. The number of benzene rings is 1. The van der Waals surface area contributed by atoms with Gasteiger partial charge >= 0.3 is 0 Å². The van der Waals surface area contributed by atoms with Crippen LogP contribution in [0.4, 0.5) is 0 Å². The fraction of sp³-hybridized carbons (Fsp3) is 0.125. The van der Waals surface area contributed by atoms with Crippen molar-refractivity contribution in [3.8, 4) is 0 Å². The first-order valence-electron chi connectivity index (χ1n) is 6.30. The van der Waals surface area contributed by atoms with E-state index in [0.717, 1.165) is 15.7 Å². The summed E-state index contributed by atoms with van der Waals surface area (Å²) in [5.41, 5.74) is 1.83. The van der Waals surface area contributed by atoms with E-state index in [1.807, 2.05) is 49.4 Å². The third-order valence-electron chi connectivity index (χ3n) is 2.79. The molecule has 0 saturated carbocycles. The quantitative estimate of drug-likeness (QED) is 0.868. The van der Waals surface area contributed by atoms with Crippen molar-refractivity contribution in [1.82, 2.24) is 10.3 Å². The highest BCUT2D eigenvalue weighted by molar-refractivity contribution is 9.10. The summed E-state index contributed by atoms with van der Waals surface area (Å²) >= 11 is 3.37. The molecule has 0 aliphatic rings. The summed E-state index contributed by atoms with van der Waals surface area (Å²) in [4.78, 5) is 16.0. The molecule has 1 aromatic heterocycles. The van der Waals surface area contributed by atoms with E-state index in [-0.39, 0.29) is 11.9 Å². The molecule has 0 saturated heterocycles. The van der Waals surface area contributed by atoms with Crippen LogP contribution in [0.1, 0.15) is 24.2 Å². The highest BCUT2D eigenvalue weighted by Crippen LogP contribution is 2.12. The topological polar surface area (TPSA) is 42.0 Å². The predicted molar refractivity (Wildman–Crippen MR) is 84.0 cm³/mol.